The highest BCUT2D eigenvalue weighted by molar-refractivity contribution is 5.91. The summed E-state index contributed by atoms with van der Waals surface area (Å²) in [5, 5.41) is 17.2. The van der Waals surface area contributed by atoms with Gasteiger partial charge in [-0.05, 0) is 60.2 Å². The van der Waals surface area contributed by atoms with E-state index in [2.05, 4.69) is 27.3 Å². The van der Waals surface area contributed by atoms with E-state index in [9.17, 15) is 23.9 Å². The van der Waals surface area contributed by atoms with E-state index in [0.29, 0.717) is 11.4 Å². The number of nitrogens with zero attached hydrogens (tertiary/aromatic N) is 2. The van der Waals surface area contributed by atoms with Crippen LogP contribution in [0.2, 0.25) is 0 Å². The van der Waals surface area contributed by atoms with E-state index in [0.717, 1.165) is 16.7 Å². The van der Waals surface area contributed by atoms with Crippen molar-refractivity contribution in [3.8, 4) is 17.0 Å². The molecule has 1 fully saturated rings. The molecule has 4 rings (SSSR count). The van der Waals surface area contributed by atoms with Crippen molar-refractivity contribution in [2.24, 2.45) is 15.8 Å². The van der Waals surface area contributed by atoms with Gasteiger partial charge in [0.25, 0.3) is 5.91 Å². The van der Waals surface area contributed by atoms with Gasteiger partial charge in [-0.15, -0.1) is 0 Å². The van der Waals surface area contributed by atoms with Crippen LogP contribution in [0.1, 0.15) is 50.7 Å². The Morgan fingerprint density at radius 1 is 1.07 bits per heavy atom. The highest BCUT2D eigenvalue weighted by atomic mass is 19.1. The van der Waals surface area contributed by atoms with Crippen molar-refractivity contribution in [1.29, 1.82) is 0 Å². The van der Waals surface area contributed by atoms with Crippen molar-refractivity contribution < 1.29 is 33.4 Å². The van der Waals surface area contributed by atoms with Crippen molar-refractivity contribution in [1.82, 2.24) is 15.6 Å². The Morgan fingerprint density at radius 2 is 1.74 bits per heavy atom. The Balaban J connectivity index is 1.62. The van der Waals surface area contributed by atoms with Gasteiger partial charge in [0.15, 0.2) is 0 Å². The summed E-state index contributed by atoms with van der Waals surface area (Å²) in [4.78, 5) is 46.8. The van der Waals surface area contributed by atoms with E-state index in [1.54, 1.807) is 58.3 Å². The molecule has 5 atom stereocenters. The number of carbonyl (C=O) groups excluding carboxylic acids is 3. The van der Waals surface area contributed by atoms with Gasteiger partial charge in [0.05, 0.1) is 31.8 Å². The van der Waals surface area contributed by atoms with Gasteiger partial charge in [0.1, 0.15) is 11.9 Å². The Hall–Kier alpha value is -4.64. The quantitative estimate of drug-likeness (QED) is 0.243. The first-order valence-electron chi connectivity index (χ1n) is 15.0. The maximum Gasteiger partial charge on any atom is 0.407 e. The maximum absolute atomic E-state index is 14.7. The summed E-state index contributed by atoms with van der Waals surface area (Å²) in [7, 11) is 2.75. The molecule has 1 unspecified atom stereocenters. The van der Waals surface area contributed by atoms with E-state index in [4.69, 9.17) is 9.47 Å². The molecule has 1 aromatic heterocycles. The number of rotatable bonds is 12. The normalized spacial score (nSPS) is 19.2. The fraction of sp³-hybridized carbons (Fsp3) is 0.400. The molecule has 11 heteroatoms. The van der Waals surface area contributed by atoms with Crippen LogP contribution in [0.15, 0.2) is 71.9 Å². The SMILES string of the molecule is C=NC(=O)[C@@]1(C[C@H](O)[C@H](Cc2ccc(-c3ccc(OC)nc3)cc2)NC(=O)[C@@H](NC(=O)OC)C(C)(C)C)CC1c1ccccc1F. The number of aromatic nitrogens is 1. The van der Waals surface area contributed by atoms with Crippen LogP contribution in [0.5, 0.6) is 5.88 Å². The second-order valence-electron chi connectivity index (χ2n) is 12.7. The number of carbonyl (C=O) groups is 3. The van der Waals surface area contributed by atoms with Gasteiger partial charge < -0.3 is 25.2 Å². The number of aliphatic hydroxyl groups is 1. The monoisotopic (exact) mass is 632 g/mol. The molecule has 3 aromatic rings. The number of halogens is 1. The highest BCUT2D eigenvalue weighted by Gasteiger charge is 2.62. The molecule has 1 aliphatic rings. The van der Waals surface area contributed by atoms with Gasteiger partial charge in [-0.25, -0.2) is 19.2 Å². The van der Waals surface area contributed by atoms with Crippen LogP contribution in [0.4, 0.5) is 9.18 Å². The Kier molecular flexibility index (Phi) is 10.6. The van der Waals surface area contributed by atoms with Crippen LogP contribution in [0, 0.1) is 16.6 Å². The molecule has 0 bridgehead atoms. The van der Waals surface area contributed by atoms with Crippen molar-refractivity contribution in [3.05, 3.63) is 83.8 Å². The van der Waals surface area contributed by atoms with Crippen molar-refractivity contribution in [2.45, 2.75) is 64.1 Å². The Bertz CT molecular complexity index is 1560. The molecular formula is C35H41FN4O6. The van der Waals surface area contributed by atoms with Gasteiger partial charge in [0.2, 0.25) is 11.8 Å². The number of benzene rings is 2. The molecule has 0 aliphatic heterocycles. The third-order valence-corrected chi connectivity index (χ3v) is 8.56. The number of hydrogen-bond acceptors (Lipinski definition) is 7. The second kappa shape index (κ2) is 14.2. The zero-order valence-electron chi connectivity index (χ0n) is 26.7. The van der Waals surface area contributed by atoms with Gasteiger partial charge in [0, 0.05) is 23.7 Å². The van der Waals surface area contributed by atoms with Crippen molar-refractivity contribution in [2.75, 3.05) is 14.2 Å². The minimum absolute atomic E-state index is 0.0883. The summed E-state index contributed by atoms with van der Waals surface area (Å²) in [5.74, 6) is -1.52. The molecule has 0 radical (unpaired) electrons. The van der Waals surface area contributed by atoms with E-state index in [1.807, 2.05) is 30.3 Å². The molecule has 10 nitrogen and oxygen atoms in total. The average Bonchev–Trinajstić information content (AvgIpc) is 3.77. The third-order valence-electron chi connectivity index (χ3n) is 8.56. The first-order chi connectivity index (χ1) is 21.8. The second-order valence-corrected chi connectivity index (χ2v) is 12.7. The fourth-order valence-electron chi connectivity index (χ4n) is 5.85. The summed E-state index contributed by atoms with van der Waals surface area (Å²) >= 11 is 0. The lowest BCUT2D eigenvalue weighted by atomic mass is 9.84. The molecule has 3 N–H and O–H groups in total. The molecule has 1 saturated carbocycles. The lowest BCUT2D eigenvalue weighted by Crippen LogP contribution is -2.57. The summed E-state index contributed by atoms with van der Waals surface area (Å²) in [5.41, 5.74) is 1.06. The summed E-state index contributed by atoms with van der Waals surface area (Å²) < 4.78 is 24.6. The first kappa shape index (κ1) is 34.2. The van der Waals surface area contributed by atoms with E-state index < -0.39 is 58.7 Å². The number of aliphatic imine (C=N–C) groups is 1. The zero-order chi connectivity index (χ0) is 33.6. The molecule has 0 saturated heterocycles. The molecule has 1 heterocycles. The lowest BCUT2D eigenvalue weighted by Gasteiger charge is -2.33. The summed E-state index contributed by atoms with van der Waals surface area (Å²) in [6.45, 7) is 8.78. The Labute approximate surface area is 268 Å². The minimum atomic E-state index is -1.24. The molecule has 244 valence electrons. The lowest BCUT2D eigenvalue weighted by molar-refractivity contribution is -0.127. The van der Waals surface area contributed by atoms with Crippen LogP contribution in [0.25, 0.3) is 11.1 Å². The van der Waals surface area contributed by atoms with E-state index >= 15 is 0 Å². The number of alkyl carbamates (subject to hydrolysis) is 1. The van der Waals surface area contributed by atoms with Gasteiger partial charge in [-0.1, -0.05) is 63.2 Å². The molecular weight excluding hydrogens is 591 g/mol. The molecule has 1 aliphatic carbocycles. The maximum atomic E-state index is 14.7. The van der Waals surface area contributed by atoms with Crippen molar-refractivity contribution in [3.63, 3.8) is 0 Å². The van der Waals surface area contributed by atoms with E-state index in [-0.39, 0.29) is 19.3 Å². The standard InChI is InChI=1S/C35H41FN4O6/c1-34(2,3)30(40-33(44)46-6)31(42)39-27(17-21-11-13-22(14-12-21)23-15-16-29(45-5)38-20-23)28(41)19-35(32(43)37-4)18-25(35)24-9-7-8-10-26(24)36/h7-16,20,25,27-28,30,41H,4,17-19H2,1-3,5-6H3,(H,39,42)(H,40,44)/t25?,27-,28-,30+,35+/m0/s1. The number of aliphatic hydroxyl groups excluding tert-OH is 1. The Morgan fingerprint density at radius 3 is 2.30 bits per heavy atom. The van der Waals surface area contributed by atoms with Crippen LogP contribution in [0.3, 0.4) is 0 Å². The number of ether oxygens (including phenoxy) is 2. The molecule has 46 heavy (non-hydrogen) atoms. The van der Waals surface area contributed by atoms with Gasteiger partial charge >= 0.3 is 6.09 Å². The highest BCUT2D eigenvalue weighted by Crippen LogP contribution is 2.63. The van der Waals surface area contributed by atoms with Crippen molar-refractivity contribution >= 4 is 24.6 Å². The largest absolute Gasteiger partial charge is 0.481 e. The number of pyridine rings is 1. The fourth-order valence-corrected chi connectivity index (χ4v) is 5.85. The summed E-state index contributed by atoms with van der Waals surface area (Å²) in [6, 6.07) is 15.5. The first-order valence-corrected chi connectivity index (χ1v) is 15.0. The number of nitrogens with one attached hydrogen (secondary N) is 2. The smallest absolute Gasteiger partial charge is 0.407 e. The van der Waals surface area contributed by atoms with E-state index in [1.165, 1.54) is 13.2 Å². The molecule has 0 spiro atoms. The topological polar surface area (TPSA) is 139 Å². The van der Waals surface area contributed by atoms with Crippen LogP contribution in [-0.4, -0.2) is 67.1 Å². The predicted molar refractivity (Wildman–Crippen MR) is 172 cm³/mol. The molecule has 3 amide bonds. The summed E-state index contributed by atoms with van der Waals surface area (Å²) in [6.07, 6.45) is 0.0725. The number of hydrogen-bond donors (Lipinski definition) is 3. The molecule has 2 aromatic carbocycles. The van der Waals surface area contributed by atoms with Crippen LogP contribution < -0.4 is 15.4 Å². The zero-order valence-corrected chi connectivity index (χ0v) is 26.7. The third kappa shape index (κ3) is 7.77. The number of amides is 3. The predicted octanol–water partition coefficient (Wildman–Crippen LogP) is 4.85. The van der Waals surface area contributed by atoms with Gasteiger partial charge in [-0.3, -0.25) is 9.59 Å². The van der Waals surface area contributed by atoms with Crippen LogP contribution in [-0.2, 0) is 20.7 Å². The average molecular weight is 633 g/mol. The van der Waals surface area contributed by atoms with Gasteiger partial charge in [-0.2, -0.15) is 0 Å². The number of methoxy groups -OCH3 is 2. The van der Waals surface area contributed by atoms with Crippen LogP contribution >= 0.6 is 0 Å². The minimum Gasteiger partial charge on any atom is -0.481 e.